The fourth-order valence-electron chi connectivity index (χ4n) is 2.28. The van der Waals surface area contributed by atoms with E-state index in [1.165, 1.54) is 0 Å². The van der Waals surface area contributed by atoms with Crippen LogP contribution >= 0.6 is 15.9 Å². The maximum Gasteiger partial charge on any atom is 0.255 e. The second-order valence-electron chi connectivity index (χ2n) is 5.39. The largest absolute Gasteiger partial charge is 0.340 e. The number of hydrogen-bond acceptors (Lipinski definition) is 3. The molecule has 0 fully saturated rings. The molecule has 3 rings (SSSR count). The molecule has 4 nitrogen and oxygen atoms in total. The van der Waals surface area contributed by atoms with Crippen LogP contribution in [0.3, 0.4) is 0 Å². The maximum atomic E-state index is 12.4. The van der Waals surface area contributed by atoms with Crippen molar-refractivity contribution >= 4 is 39.0 Å². The Kier molecular flexibility index (Phi) is 4.91. The molecule has 1 heterocycles. The molecule has 0 saturated heterocycles. The van der Waals surface area contributed by atoms with E-state index in [1.807, 2.05) is 55.5 Å². The van der Waals surface area contributed by atoms with Gasteiger partial charge in [0.05, 0.1) is 0 Å². The minimum absolute atomic E-state index is 0.178. The van der Waals surface area contributed by atoms with Gasteiger partial charge in [-0.25, -0.2) is 4.98 Å². The van der Waals surface area contributed by atoms with Crippen molar-refractivity contribution < 1.29 is 4.79 Å². The van der Waals surface area contributed by atoms with Gasteiger partial charge in [0.1, 0.15) is 5.82 Å². The van der Waals surface area contributed by atoms with Crippen LogP contribution in [0, 0.1) is 6.92 Å². The summed E-state index contributed by atoms with van der Waals surface area (Å²) in [6, 6.07) is 18.9. The number of carbonyl (C=O) groups is 1. The second-order valence-corrected chi connectivity index (χ2v) is 6.30. The Balaban J connectivity index is 1.76. The maximum absolute atomic E-state index is 12.4. The molecule has 1 aromatic heterocycles. The molecular formula is C19H16BrN3O. The summed E-state index contributed by atoms with van der Waals surface area (Å²) in [5, 5.41) is 6.09. The highest BCUT2D eigenvalue weighted by Gasteiger charge is 2.08. The minimum atomic E-state index is -0.178. The average molecular weight is 382 g/mol. The number of anilines is 3. The van der Waals surface area contributed by atoms with Gasteiger partial charge in [0.25, 0.3) is 5.91 Å². The summed E-state index contributed by atoms with van der Waals surface area (Å²) < 4.78 is 0.914. The van der Waals surface area contributed by atoms with E-state index in [0.717, 1.165) is 21.4 Å². The summed E-state index contributed by atoms with van der Waals surface area (Å²) in [5.74, 6) is 0.449. The van der Waals surface area contributed by atoms with Gasteiger partial charge in [-0.3, -0.25) is 4.79 Å². The van der Waals surface area contributed by atoms with E-state index in [0.29, 0.717) is 11.4 Å². The van der Waals surface area contributed by atoms with Gasteiger partial charge < -0.3 is 10.6 Å². The molecule has 0 saturated carbocycles. The average Bonchev–Trinajstić information content (AvgIpc) is 2.55. The molecule has 0 unspecified atom stereocenters. The number of benzene rings is 2. The summed E-state index contributed by atoms with van der Waals surface area (Å²) in [5.41, 5.74) is 3.37. The van der Waals surface area contributed by atoms with E-state index >= 15 is 0 Å². The first-order valence-corrected chi connectivity index (χ1v) is 8.26. The molecular weight excluding hydrogens is 366 g/mol. The van der Waals surface area contributed by atoms with Crippen LogP contribution in [-0.2, 0) is 0 Å². The van der Waals surface area contributed by atoms with Crippen molar-refractivity contribution in [1.29, 1.82) is 0 Å². The topological polar surface area (TPSA) is 54.0 Å². The Hall–Kier alpha value is -2.66. The van der Waals surface area contributed by atoms with Crippen LogP contribution in [0.1, 0.15) is 15.9 Å². The van der Waals surface area contributed by atoms with E-state index < -0.39 is 0 Å². The molecule has 3 aromatic rings. The zero-order chi connectivity index (χ0) is 16.9. The molecule has 120 valence electrons. The van der Waals surface area contributed by atoms with Crippen LogP contribution in [-0.4, -0.2) is 10.9 Å². The summed E-state index contributed by atoms with van der Waals surface area (Å²) in [7, 11) is 0. The Bertz CT molecular complexity index is 880. The van der Waals surface area contributed by atoms with Gasteiger partial charge in [-0.05, 0) is 55.0 Å². The number of hydrogen-bond donors (Lipinski definition) is 2. The summed E-state index contributed by atoms with van der Waals surface area (Å²) in [6.45, 7) is 2.03. The zero-order valence-electron chi connectivity index (χ0n) is 13.1. The number of aromatic nitrogens is 1. The van der Waals surface area contributed by atoms with Crippen LogP contribution in [0.25, 0.3) is 0 Å². The van der Waals surface area contributed by atoms with Gasteiger partial charge in [0.2, 0.25) is 0 Å². The lowest BCUT2D eigenvalue weighted by molar-refractivity contribution is 0.102. The van der Waals surface area contributed by atoms with E-state index in [2.05, 4.69) is 31.5 Å². The highest BCUT2D eigenvalue weighted by molar-refractivity contribution is 9.10. The van der Waals surface area contributed by atoms with Crippen molar-refractivity contribution in [3.05, 3.63) is 82.5 Å². The molecule has 0 aliphatic carbocycles. The van der Waals surface area contributed by atoms with Crippen molar-refractivity contribution in [2.75, 3.05) is 10.6 Å². The summed E-state index contributed by atoms with van der Waals surface area (Å²) in [6.07, 6.45) is 1.62. The number of amides is 1. The number of nitrogens with zero attached hydrogens (tertiary/aromatic N) is 1. The molecule has 24 heavy (non-hydrogen) atoms. The van der Waals surface area contributed by atoms with Crippen LogP contribution in [0.15, 0.2) is 71.3 Å². The van der Waals surface area contributed by atoms with Crippen molar-refractivity contribution in [1.82, 2.24) is 4.98 Å². The van der Waals surface area contributed by atoms with E-state index in [-0.39, 0.29) is 5.91 Å². The minimum Gasteiger partial charge on any atom is -0.340 e. The van der Waals surface area contributed by atoms with Gasteiger partial charge in [-0.15, -0.1) is 0 Å². The molecule has 2 aromatic carbocycles. The quantitative estimate of drug-likeness (QED) is 0.656. The molecule has 0 spiro atoms. The number of pyridine rings is 1. The van der Waals surface area contributed by atoms with E-state index in [9.17, 15) is 4.79 Å². The first-order chi connectivity index (χ1) is 11.6. The smallest absolute Gasteiger partial charge is 0.255 e. The Labute approximate surface area is 149 Å². The normalized spacial score (nSPS) is 10.2. The number of rotatable bonds is 4. The molecule has 0 bridgehead atoms. The van der Waals surface area contributed by atoms with Gasteiger partial charge in [0.15, 0.2) is 0 Å². The molecule has 0 aliphatic rings. The van der Waals surface area contributed by atoms with Crippen molar-refractivity contribution in [3.8, 4) is 0 Å². The monoisotopic (exact) mass is 381 g/mol. The van der Waals surface area contributed by atoms with E-state index in [4.69, 9.17) is 0 Å². The Morgan fingerprint density at radius 3 is 2.58 bits per heavy atom. The standard InChI is InChI=1S/C19H16BrN3O/c1-13-4-2-6-16(10-13)22-18-11-14(8-9-21-18)19(24)23-17-7-3-5-15(20)12-17/h2-12H,1H3,(H,21,22)(H,23,24). The highest BCUT2D eigenvalue weighted by Crippen LogP contribution is 2.19. The number of nitrogens with one attached hydrogen (secondary N) is 2. The van der Waals surface area contributed by atoms with Crippen molar-refractivity contribution in [2.45, 2.75) is 6.92 Å². The third-order valence-corrected chi connectivity index (χ3v) is 3.89. The lowest BCUT2D eigenvalue weighted by Gasteiger charge is -2.09. The summed E-state index contributed by atoms with van der Waals surface area (Å²) >= 11 is 3.39. The Morgan fingerprint density at radius 2 is 1.79 bits per heavy atom. The third kappa shape index (κ3) is 4.20. The molecule has 5 heteroatoms. The van der Waals surface area contributed by atoms with Gasteiger partial charge in [-0.1, -0.05) is 34.1 Å². The summed E-state index contributed by atoms with van der Waals surface area (Å²) in [4.78, 5) is 16.7. The van der Waals surface area contributed by atoms with Crippen molar-refractivity contribution in [3.63, 3.8) is 0 Å². The molecule has 2 N–H and O–H groups in total. The van der Waals surface area contributed by atoms with E-state index in [1.54, 1.807) is 18.3 Å². The molecule has 0 aliphatic heterocycles. The predicted molar refractivity (Wildman–Crippen MR) is 101 cm³/mol. The van der Waals surface area contributed by atoms with Crippen LogP contribution < -0.4 is 10.6 Å². The SMILES string of the molecule is Cc1cccc(Nc2cc(C(=O)Nc3cccc(Br)c3)ccn2)c1. The number of aryl methyl sites for hydroxylation is 1. The van der Waals surface area contributed by atoms with Crippen LogP contribution in [0.5, 0.6) is 0 Å². The molecule has 1 amide bonds. The zero-order valence-corrected chi connectivity index (χ0v) is 14.7. The first-order valence-electron chi connectivity index (χ1n) is 7.47. The highest BCUT2D eigenvalue weighted by atomic mass is 79.9. The van der Waals surface area contributed by atoms with Gasteiger partial charge in [0, 0.05) is 27.6 Å². The van der Waals surface area contributed by atoms with Gasteiger partial charge >= 0.3 is 0 Å². The number of carbonyl (C=O) groups excluding carboxylic acids is 1. The lowest BCUT2D eigenvalue weighted by Crippen LogP contribution is -2.12. The Morgan fingerprint density at radius 1 is 1.00 bits per heavy atom. The third-order valence-electron chi connectivity index (χ3n) is 3.40. The predicted octanol–water partition coefficient (Wildman–Crippen LogP) is 5.15. The van der Waals surface area contributed by atoms with Crippen LogP contribution in [0.2, 0.25) is 0 Å². The van der Waals surface area contributed by atoms with Crippen LogP contribution in [0.4, 0.5) is 17.2 Å². The fraction of sp³-hybridized carbons (Fsp3) is 0.0526. The molecule has 0 atom stereocenters. The molecule has 0 radical (unpaired) electrons. The first kappa shape index (κ1) is 16.2. The van der Waals surface area contributed by atoms with Crippen molar-refractivity contribution in [2.24, 2.45) is 0 Å². The second kappa shape index (κ2) is 7.27. The fourth-order valence-corrected chi connectivity index (χ4v) is 2.68. The lowest BCUT2D eigenvalue weighted by atomic mass is 10.2. The number of halogens is 1. The van der Waals surface area contributed by atoms with Gasteiger partial charge in [-0.2, -0.15) is 0 Å².